The highest BCUT2D eigenvalue weighted by molar-refractivity contribution is 6.30. The first-order chi connectivity index (χ1) is 13.5. The standard InChI is InChI=1S/C22H23ClN2O3/c1-2-19-22(27)25(12-14-3-7-17(23)8-4-14)13-16-11-18(9-10-20(16)28-19)24-21(26)15-5-6-15/h3-4,7-11,15,19H,2,5-6,12-13H2,1H3,(H,24,26). The van der Waals surface area contributed by atoms with Crippen LogP contribution in [0.5, 0.6) is 5.75 Å². The molecule has 5 nitrogen and oxygen atoms in total. The molecule has 0 spiro atoms. The Kier molecular flexibility index (Phi) is 5.27. The molecule has 1 N–H and O–H groups in total. The van der Waals surface area contributed by atoms with Gasteiger partial charge in [-0.3, -0.25) is 9.59 Å². The molecular formula is C22H23ClN2O3. The summed E-state index contributed by atoms with van der Waals surface area (Å²) in [5.74, 6) is 0.873. The summed E-state index contributed by atoms with van der Waals surface area (Å²) < 4.78 is 6.00. The van der Waals surface area contributed by atoms with Crippen molar-refractivity contribution in [3.8, 4) is 5.75 Å². The molecule has 2 aromatic rings. The lowest BCUT2D eigenvalue weighted by molar-refractivity contribution is -0.139. The van der Waals surface area contributed by atoms with Crippen molar-refractivity contribution in [2.24, 2.45) is 5.92 Å². The summed E-state index contributed by atoms with van der Waals surface area (Å²) in [6, 6.07) is 13.1. The van der Waals surface area contributed by atoms with Gasteiger partial charge >= 0.3 is 0 Å². The van der Waals surface area contributed by atoms with Gasteiger partial charge in [0, 0.05) is 35.3 Å². The van der Waals surface area contributed by atoms with E-state index in [2.05, 4.69) is 5.32 Å². The molecule has 2 aromatic carbocycles. The van der Waals surface area contributed by atoms with Gasteiger partial charge in [0.1, 0.15) is 5.75 Å². The Morgan fingerprint density at radius 2 is 1.96 bits per heavy atom. The quantitative estimate of drug-likeness (QED) is 0.812. The number of halogens is 1. The number of nitrogens with zero attached hydrogens (tertiary/aromatic N) is 1. The number of ether oxygens (including phenoxy) is 1. The molecule has 1 aliphatic heterocycles. The SMILES string of the molecule is CCC1Oc2ccc(NC(=O)C3CC3)cc2CN(Cc2ccc(Cl)cc2)C1=O. The Bertz CT molecular complexity index is 893. The van der Waals surface area contributed by atoms with Gasteiger partial charge in [-0.2, -0.15) is 0 Å². The minimum Gasteiger partial charge on any atom is -0.480 e. The molecule has 2 amide bonds. The molecule has 0 saturated heterocycles. The number of nitrogens with one attached hydrogen (secondary N) is 1. The molecule has 4 rings (SSSR count). The lowest BCUT2D eigenvalue weighted by Gasteiger charge is -2.23. The normalized spacial score (nSPS) is 18.9. The molecular weight excluding hydrogens is 376 g/mol. The molecule has 0 radical (unpaired) electrons. The molecule has 1 atom stereocenters. The zero-order valence-electron chi connectivity index (χ0n) is 15.8. The number of carbonyl (C=O) groups is 2. The van der Waals surface area contributed by atoms with Crippen LogP contribution in [0.2, 0.25) is 5.02 Å². The zero-order valence-corrected chi connectivity index (χ0v) is 16.5. The van der Waals surface area contributed by atoms with E-state index in [-0.39, 0.29) is 17.7 Å². The smallest absolute Gasteiger partial charge is 0.264 e. The van der Waals surface area contributed by atoms with Crippen molar-refractivity contribution in [2.75, 3.05) is 5.32 Å². The van der Waals surface area contributed by atoms with Gasteiger partial charge in [0.25, 0.3) is 5.91 Å². The summed E-state index contributed by atoms with van der Waals surface area (Å²) >= 11 is 5.97. The van der Waals surface area contributed by atoms with Crippen LogP contribution in [-0.2, 0) is 22.7 Å². The number of fused-ring (bicyclic) bond motifs is 1. The maximum Gasteiger partial charge on any atom is 0.264 e. The van der Waals surface area contributed by atoms with Gasteiger partial charge in [-0.05, 0) is 55.2 Å². The molecule has 146 valence electrons. The number of hydrogen-bond donors (Lipinski definition) is 1. The number of benzene rings is 2. The first-order valence-electron chi connectivity index (χ1n) is 9.67. The van der Waals surface area contributed by atoms with E-state index in [9.17, 15) is 9.59 Å². The highest BCUT2D eigenvalue weighted by Crippen LogP contribution is 2.33. The molecule has 1 saturated carbocycles. The predicted octanol–water partition coefficient (Wildman–Crippen LogP) is 4.39. The van der Waals surface area contributed by atoms with E-state index in [1.165, 1.54) is 0 Å². The van der Waals surface area contributed by atoms with E-state index in [1.807, 2.05) is 49.4 Å². The second-order valence-electron chi connectivity index (χ2n) is 7.42. The van der Waals surface area contributed by atoms with E-state index in [0.717, 1.165) is 29.7 Å². The van der Waals surface area contributed by atoms with Gasteiger partial charge in [0.05, 0.1) is 0 Å². The third-order valence-corrected chi connectivity index (χ3v) is 5.40. The van der Waals surface area contributed by atoms with Crippen LogP contribution in [0.1, 0.15) is 37.3 Å². The fourth-order valence-corrected chi connectivity index (χ4v) is 3.50. The highest BCUT2D eigenvalue weighted by atomic mass is 35.5. The highest BCUT2D eigenvalue weighted by Gasteiger charge is 2.31. The molecule has 0 aromatic heterocycles. The summed E-state index contributed by atoms with van der Waals surface area (Å²) in [7, 11) is 0. The largest absolute Gasteiger partial charge is 0.480 e. The van der Waals surface area contributed by atoms with Crippen LogP contribution in [0.3, 0.4) is 0 Å². The molecule has 0 bridgehead atoms. The average Bonchev–Trinajstić information content (AvgIpc) is 3.53. The molecule has 1 fully saturated rings. The Hall–Kier alpha value is -2.53. The first kappa shape index (κ1) is 18.8. The van der Waals surface area contributed by atoms with Crippen molar-refractivity contribution in [3.63, 3.8) is 0 Å². The number of hydrogen-bond acceptors (Lipinski definition) is 3. The van der Waals surface area contributed by atoms with E-state index < -0.39 is 6.10 Å². The van der Waals surface area contributed by atoms with E-state index >= 15 is 0 Å². The topological polar surface area (TPSA) is 58.6 Å². The summed E-state index contributed by atoms with van der Waals surface area (Å²) in [6.07, 6.45) is 2.00. The summed E-state index contributed by atoms with van der Waals surface area (Å²) in [4.78, 5) is 26.9. The average molecular weight is 399 g/mol. The fraction of sp³-hybridized carbons (Fsp3) is 0.364. The lowest BCUT2D eigenvalue weighted by atomic mass is 10.1. The first-order valence-corrected chi connectivity index (χ1v) is 10.0. The van der Waals surface area contributed by atoms with Gasteiger partial charge in [0.15, 0.2) is 6.10 Å². The Labute approximate surface area is 169 Å². The Morgan fingerprint density at radius 3 is 2.64 bits per heavy atom. The van der Waals surface area contributed by atoms with Crippen LogP contribution in [0.4, 0.5) is 5.69 Å². The molecule has 28 heavy (non-hydrogen) atoms. The van der Waals surface area contributed by atoms with Gasteiger partial charge in [0.2, 0.25) is 5.91 Å². The van der Waals surface area contributed by atoms with Crippen molar-refractivity contribution in [1.29, 1.82) is 0 Å². The maximum atomic E-state index is 13.0. The van der Waals surface area contributed by atoms with Crippen molar-refractivity contribution in [2.45, 2.75) is 45.4 Å². The maximum absolute atomic E-state index is 13.0. The second-order valence-corrected chi connectivity index (χ2v) is 7.86. The number of carbonyl (C=O) groups excluding carboxylic acids is 2. The summed E-state index contributed by atoms with van der Waals surface area (Å²) in [6.45, 7) is 2.85. The van der Waals surface area contributed by atoms with E-state index in [1.54, 1.807) is 4.90 Å². The van der Waals surface area contributed by atoms with Crippen LogP contribution < -0.4 is 10.1 Å². The van der Waals surface area contributed by atoms with Crippen molar-refractivity contribution in [1.82, 2.24) is 4.90 Å². The van der Waals surface area contributed by atoms with Gasteiger partial charge in [-0.15, -0.1) is 0 Å². The van der Waals surface area contributed by atoms with Crippen LogP contribution >= 0.6 is 11.6 Å². The van der Waals surface area contributed by atoms with E-state index in [4.69, 9.17) is 16.3 Å². The van der Waals surface area contributed by atoms with E-state index in [0.29, 0.717) is 30.3 Å². The Balaban J connectivity index is 1.58. The Morgan fingerprint density at radius 1 is 1.21 bits per heavy atom. The van der Waals surface area contributed by atoms with Crippen molar-refractivity contribution in [3.05, 3.63) is 58.6 Å². The number of amides is 2. The number of rotatable bonds is 5. The van der Waals surface area contributed by atoms with Crippen LogP contribution in [0.15, 0.2) is 42.5 Å². The van der Waals surface area contributed by atoms with Crippen LogP contribution in [0.25, 0.3) is 0 Å². The predicted molar refractivity (Wildman–Crippen MR) is 108 cm³/mol. The van der Waals surface area contributed by atoms with Gasteiger partial charge in [-0.1, -0.05) is 30.7 Å². The third kappa shape index (κ3) is 4.14. The van der Waals surface area contributed by atoms with Crippen molar-refractivity contribution >= 4 is 29.1 Å². The molecule has 6 heteroatoms. The van der Waals surface area contributed by atoms with Gasteiger partial charge in [-0.25, -0.2) is 0 Å². The minimum absolute atomic E-state index is 0.0304. The fourth-order valence-electron chi connectivity index (χ4n) is 3.38. The zero-order chi connectivity index (χ0) is 19.7. The van der Waals surface area contributed by atoms with Crippen LogP contribution in [-0.4, -0.2) is 22.8 Å². The van der Waals surface area contributed by atoms with Crippen LogP contribution in [0, 0.1) is 5.92 Å². The molecule has 1 aliphatic carbocycles. The molecule has 1 unspecified atom stereocenters. The summed E-state index contributed by atoms with van der Waals surface area (Å²) in [5.41, 5.74) is 2.65. The second kappa shape index (κ2) is 7.84. The van der Waals surface area contributed by atoms with Gasteiger partial charge < -0.3 is 15.0 Å². The monoisotopic (exact) mass is 398 g/mol. The molecule has 2 aliphatic rings. The number of anilines is 1. The molecule has 1 heterocycles. The summed E-state index contributed by atoms with van der Waals surface area (Å²) in [5, 5.41) is 3.64. The lowest BCUT2D eigenvalue weighted by Crippen LogP contribution is -2.38. The van der Waals surface area contributed by atoms with Crippen molar-refractivity contribution < 1.29 is 14.3 Å². The minimum atomic E-state index is -0.513. The third-order valence-electron chi connectivity index (χ3n) is 5.15.